The van der Waals surface area contributed by atoms with Crippen molar-refractivity contribution in [3.8, 4) is 5.75 Å². The number of rotatable bonds is 4. The Kier molecular flexibility index (Phi) is 3.67. The minimum Gasteiger partial charge on any atom is -0.487 e. The zero-order chi connectivity index (χ0) is 12.1. The van der Waals surface area contributed by atoms with Gasteiger partial charge in [-0.05, 0) is 36.8 Å². The predicted octanol–water partition coefficient (Wildman–Crippen LogP) is 1.82. The highest BCUT2D eigenvalue weighted by Crippen LogP contribution is 2.17. The smallest absolute Gasteiger partial charge is 0.142 e. The third kappa shape index (κ3) is 3.01. The summed E-state index contributed by atoms with van der Waals surface area (Å²) in [5.74, 6) is 0.745. The first-order valence-electron chi connectivity index (χ1n) is 5.48. The monoisotopic (exact) mass is 229 g/mol. The maximum atomic E-state index is 5.70. The summed E-state index contributed by atoms with van der Waals surface area (Å²) in [5, 5.41) is 0. The predicted molar refractivity (Wildman–Crippen MR) is 65.4 cm³/mol. The van der Waals surface area contributed by atoms with Crippen LogP contribution < -0.4 is 10.5 Å². The van der Waals surface area contributed by atoms with Gasteiger partial charge in [-0.15, -0.1) is 0 Å². The zero-order valence-corrected chi connectivity index (χ0v) is 9.76. The Labute approximate surface area is 100 Å². The van der Waals surface area contributed by atoms with Gasteiger partial charge >= 0.3 is 0 Å². The second-order valence-electron chi connectivity index (χ2n) is 3.75. The number of pyridine rings is 2. The van der Waals surface area contributed by atoms with E-state index in [1.54, 1.807) is 12.4 Å². The van der Waals surface area contributed by atoms with E-state index >= 15 is 0 Å². The van der Waals surface area contributed by atoms with Crippen LogP contribution in [0.4, 0.5) is 0 Å². The molecule has 2 N–H and O–H groups in total. The van der Waals surface area contributed by atoms with Gasteiger partial charge in [-0.25, -0.2) is 0 Å². The number of nitrogens with zero attached hydrogens (tertiary/aromatic N) is 2. The Morgan fingerprint density at radius 1 is 1.18 bits per heavy atom. The summed E-state index contributed by atoms with van der Waals surface area (Å²) in [6, 6.07) is 7.67. The Morgan fingerprint density at radius 3 is 2.65 bits per heavy atom. The standard InChI is InChI=1S/C13H15N3O/c1-10-2-3-13(12(8-14)16-10)17-9-11-4-6-15-7-5-11/h2-7H,8-9,14H2,1H3. The van der Waals surface area contributed by atoms with Crippen LogP contribution in [-0.4, -0.2) is 9.97 Å². The molecule has 0 aliphatic carbocycles. The summed E-state index contributed by atoms with van der Waals surface area (Å²) in [5.41, 5.74) is 8.45. The van der Waals surface area contributed by atoms with E-state index in [4.69, 9.17) is 10.5 Å². The van der Waals surface area contributed by atoms with E-state index in [1.807, 2.05) is 31.2 Å². The molecule has 4 heteroatoms. The average Bonchev–Trinajstić information content (AvgIpc) is 2.38. The molecule has 17 heavy (non-hydrogen) atoms. The molecule has 0 radical (unpaired) electrons. The van der Waals surface area contributed by atoms with Crippen LogP contribution in [-0.2, 0) is 13.2 Å². The first-order valence-corrected chi connectivity index (χ1v) is 5.48. The summed E-state index contributed by atoms with van der Waals surface area (Å²) < 4.78 is 5.70. The Bertz CT molecular complexity index is 485. The quantitative estimate of drug-likeness (QED) is 0.868. The fourth-order valence-electron chi connectivity index (χ4n) is 1.52. The molecule has 0 saturated heterocycles. The number of hydrogen-bond donors (Lipinski definition) is 1. The van der Waals surface area contributed by atoms with E-state index in [2.05, 4.69) is 9.97 Å². The Morgan fingerprint density at radius 2 is 1.94 bits per heavy atom. The molecule has 0 bridgehead atoms. The number of aromatic nitrogens is 2. The van der Waals surface area contributed by atoms with Crippen LogP contribution in [0.25, 0.3) is 0 Å². The number of nitrogens with two attached hydrogens (primary N) is 1. The van der Waals surface area contributed by atoms with Crippen molar-refractivity contribution in [3.63, 3.8) is 0 Å². The molecule has 0 unspecified atom stereocenters. The van der Waals surface area contributed by atoms with Crippen LogP contribution in [0.5, 0.6) is 5.75 Å². The van der Waals surface area contributed by atoms with Gasteiger partial charge in [0.25, 0.3) is 0 Å². The molecule has 0 aliphatic rings. The molecule has 0 aliphatic heterocycles. The van der Waals surface area contributed by atoms with Crippen molar-refractivity contribution in [2.45, 2.75) is 20.1 Å². The molecule has 0 fully saturated rings. The lowest BCUT2D eigenvalue weighted by Gasteiger charge is -2.10. The average molecular weight is 229 g/mol. The van der Waals surface area contributed by atoms with Crippen LogP contribution in [0.1, 0.15) is 17.0 Å². The lowest BCUT2D eigenvalue weighted by Crippen LogP contribution is -2.05. The van der Waals surface area contributed by atoms with Gasteiger partial charge in [0.1, 0.15) is 12.4 Å². The van der Waals surface area contributed by atoms with Crippen molar-refractivity contribution in [3.05, 3.63) is 53.6 Å². The first kappa shape index (κ1) is 11.5. The third-order valence-corrected chi connectivity index (χ3v) is 2.41. The summed E-state index contributed by atoms with van der Waals surface area (Å²) >= 11 is 0. The minimum atomic E-state index is 0.382. The Hall–Kier alpha value is -1.94. The van der Waals surface area contributed by atoms with Crippen LogP contribution in [0.2, 0.25) is 0 Å². The highest BCUT2D eigenvalue weighted by Gasteiger charge is 2.04. The van der Waals surface area contributed by atoms with Gasteiger partial charge in [0.15, 0.2) is 0 Å². The van der Waals surface area contributed by atoms with Gasteiger partial charge in [0, 0.05) is 24.6 Å². The van der Waals surface area contributed by atoms with Gasteiger partial charge < -0.3 is 10.5 Å². The van der Waals surface area contributed by atoms with Crippen LogP contribution in [0.15, 0.2) is 36.7 Å². The van der Waals surface area contributed by atoms with Crippen LogP contribution >= 0.6 is 0 Å². The highest BCUT2D eigenvalue weighted by atomic mass is 16.5. The van der Waals surface area contributed by atoms with Crippen molar-refractivity contribution in [1.29, 1.82) is 0 Å². The van der Waals surface area contributed by atoms with Gasteiger partial charge in [0.05, 0.1) is 5.69 Å². The van der Waals surface area contributed by atoms with Crippen LogP contribution in [0, 0.1) is 6.92 Å². The SMILES string of the molecule is Cc1ccc(OCc2ccncc2)c(CN)n1. The first-order chi connectivity index (χ1) is 8.29. The van der Waals surface area contributed by atoms with Gasteiger partial charge in [-0.1, -0.05) is 0 Å². The van der Waals surface area contributed by atoms with E-state index in [9.17, 15) is 0 Å². The normalized spacial score (nSPS) is 10.2. The van der Waals surface area contributed by atoms with Crippen molar-refractivity contribution in [2.75, 3.05) is 0 Å². The topological polar surface area (TPSA) is 61.0 Å². The molecular formula is C13H15N3O. The molecule has 0 spiro atoms. The third-order valence-electron chi connectivity index (χ3n) is 2.41. The summed E-state index contributed by atoms with van der Waals surface area (Å²) in [6.45, 7) is 2.82. The maximum Gasteiger partial charge on any atom is 0.142 e. The molecule has 0 saturated carbocycles. The molecule has 2 aromatic heterocycles. The molecular weight excluding hydrogens is 214 g/mol. The summed E-state index contributed by atoms with van der Waals surface area (Å²) in [4.78, 5) is 8.30. The zero-order valence-electron chi connectivity index (χ0n) is 9.76. The second-order valence-corrected chi connectivity index (χ2v) is 3.75. The van der Waals surface area contributed by atoms with E-state index in [-0.39, 0.29) is 0 Å². The van der Waals surface area contributed by atoms with Crippen molar-refractivity contribution in [2.24, 2.45) is 5.73 Å². The number of ether oxygens (including phenoxy) is 1. The molecule has 0 aromatic carbocycles. The fraction of sp³-hybridized carbons (Fsp3) is 0.231. The van der Waals surface area contributed by atoms with Crippen LogP contribution in [0.3, 0.4) is 0 Å². The van der Waals surface area contributed by atoms with Crippen molar-refractivity contribution >= 4 is 0 Å². The van der Waals surface area contributed by atoms with E-state index in [0.717, 1.165) is 22.7 Å². The molecule has 2 rings (SSSR count). The molecule has 4 nitrogen and oxygen atoms in total. The Balaban J connectivity index is 2.09. The molecule has 2 aromatic rings. The van der Waals surface area contributed by atoms with Crippen molar-refractivity contribution < 1.29 is 4.74 Å². The largest absolute Gasteiger partial charge is 0.487 e. The second kappa shape index (κ2) is 5.41. The van der Waals surface area contributed by atoms with E-state index in [1.165, 1.54) is 0 Å². The van der Waals surface area contributed by atoms with Crippen molar-refractivity contribution in [1.82, 2.24) is 9.97 Å². The summed E-state index contributed by atoms with van der Waals surface area (Å²) in [6.07, 6.45) is 3.49. The maximum absolute atomic E-state index is 5.70. The molecule has 88 valence electrons. The summed E-state index contributed by atoms with van der Waals surface area (Å²) in [7, 11) is 0. The lowest BCUT2D eigenvalue weighted by atomic mass is 10.2. The number of aryl methyl sites for hydroxylation is 1. The molecule has 0 atom stereocenters. The fourth-order valence-corrected chi connectivity index (χ4v) is 1.52. The van der Waals surface area contributed by atoms with Gasteiger partial charge in [-0.2, -0.15) is 0 Å². The number of hydrogen-bond acceptors (Lipinski definition) is 4. The molecule has 2 heterocycles. The highest BCUT2D eigenvalue weighted by molar-refractivity contribution is 5.29. The van der Waals surface area contributed by atoms with E-state index in [0.29, 0.717) is 13.2 Å². The minimum absolute atomic E-state index is 0.382. The van der Waals surface area contributed by atoms with E-state index < -0.39 is 0 Å². The lowest BCUT2D eigenvalue weighted by molar-refractivity contribution is 0.301. The molecule has 0 amide bonds. The van der Waals surface area contributed by atoms with Gasteiger partial charge in [-0.3, -0.25) is 9.97 Å². The van der Waals surface area contributed by atoms with Gasteiger partial charge in [0.2, 0.25) is 0 Å².